The summed E-state index contributed by atoms with van der Waals surface area (Å²) >= 11 is 0. The number of Topliss-reactive ketones (excluding diaryl/α,β-unsaturated/α-hetero) is 2. The molecule has 0 bridgehead atoms. The van der Waals surface area contributed by atoms with E-state index < -0.39 is 11.1 Å². The minimum Gasteiger partial charge on any atom is -0.496 e. The topological polar surface area (TPSA) is 96.0 Å². The highest BCUT2D eigenvalue weighted by Crippen LogP contribution is 2.60. The predicted octanol–water partition coefficient (Wildman–Crippen LogP) is 3.38. The lowest BCUT2D eigenvalue weighted by Gasteiger charge is -2.61. The summed E-state index contributed by atoms with van der Waals surface area (Å²) in [6, 6.07) is 6.99. The second-order valence-corrected chi connectivity index (χ2v) is 11.0. The van der Waals surface area contributed by atoms with Crippen molar-refractivity contribution in [3.63, 3.8) is 0 Å². The van der Waals surface area contributed by atoms with Crippen LogP contribution in [0.4, 0.5) is 0 Å². The lowest BCUT2D eigenvalue weighted by atomic mass is 9.52. The zero-order valence-electron chi connectivity index (χ0n) is 23.0. The van der Waals surface area contributed by atoms with Crippen LogP contribution in [0.2, 0.25) is 0 Å². The van der Waals surface area contributed by atoms with Gasteiger partial charge in [-0.05, 0) is 64.0 Å². The van der Waals surface area contributed by atoms with Gasteiger partial charge in [-0.2, -0.15) is 0 Å². The summed E-state index contributed by atoms with van der Waals surface area (Å²) in [6.07, 6.45) is 5.72. The molecule has 4 heterocycles. The van der Waals surface area contributed by atoms with Crippen molar-refractivity contribution < 1.29 is 38.0 Å². The van der Waals surface area contributed by atoms with E-state index in [1.165, 1.54) is 0 Å². The molecular formula is C30H34N2O8. The van der Waals surface area contributed by atoms with E-state index in [1.807, 2.05) is 0 Å². The molecule has 0 unspecified atom stereocenters. The van der Waals surface area contributed by atoms with E-state index in [1.54, 1.807) is 38.5 Å². The van der Waals surface area contributed by atoms with Gasteiger partial charge in [0, 0.05) is 23.3 Å². The maximum Gasteiger partial charge on any atom is 0.231 e. The molecule has 5 aliphatic rings. The summed E-state index contributed by atoms with van der Waals surface area (Å²) < 4.78 is 34.3. The van der Waals surface area contributed by atoms with Crippen LogP contribution in [0.25, 0.3) is 0 Å². The van der Waals surface area contributed by atoms with E-state index >= 15 is 9.59 Å². The van der Waals surface area contributed by atoms with Crippen molar-refractivity contribution in [3.8, 4) is 34.5 Å². The second-order valence-electron chi connectivity index (χ2n) is 11.0. The van der Waals surface area contributed by atoms with Crippen LogP contribution in [0.3, 0.4) is 0 Å². The molecule has 40 heavy (non-hydrogen) atoms. The zero-order valence-corrected chi connectivity index (χ0v) is 23.0. The lowest BCUT2D eigenvalue weighted by Crippen LogP contribution is -2.82. The Morgan fingerprint density at radius 3 is 1.27 bits per heavy atom. The highest BCUT2D eigenvalue weighted by Gasteiger charge is 2.78. The number of fused-ring (bicyclic) bond motifs is 2. The molecule has 7 rings (SSSR count). The Morgan fingerprint density at radius 2 is 0.925 bits per heavy atom. The number of carbonyl (C=O) groups is 2. The molecule has 0 amide bonds. The quantitative estimate of drug-likeness (QED) is 0.498. The summed E-state index contributed by atoms with van der Waals surface area (Å²) in [5, 5.41) is 0. The number of ether oxygens (including phenoxy) is 6. The van der Waals surface area contributed by atoms with Crippen LogP contribution in [-0.2, 0) is 20.7 Å². The van der Waals surface area contributed by atoms with E-state index in [0.717, 1.165) is 38.5 Å². The second kappa shape index (κ2) is 9.55. The Morgan fingerprint density at radius 1 is 0.575 bits per heavy atom. The van der Waals surface area contributed by atoms with Gasteiger partial charge in [0.25, 0.3) is 0 Å². The van der Waals surface area contributed by atoms with Gasteiger partial charge >= 0.3 is 0 Å². The summed E-state index contributed by atoms with van der Waals surface area (Å²) in [7, 11) is 3.11. The standard InChI is InChI=1S/C30H34N2O8/c1-35-21-15-25-23(37-17-39-25)13-19(21)29(31-9-5-3-6-10-31)27(33)30(28(29)34,32-11-7-4-8-12-32)20-14-24-26(40-18-38-24)16-22(20)36-2/h13-16H,3-12,17-18H2,1-2H3. The molecule has 0 spiro atoms. The number of hydrogen-bond donors (Lipinski definition) is 0. The van der Waals surface area contributed by atoms with Crippen LogP contribution in [0.15, 0.2) is 24.3 Å². The molecular weight excluding hydrogens is 516 g/mol. The van der Waals surface area contributed by atoms with Gasteiger partial charge in [-0.15, -0.1) is 0 Å². The van der Waals surface area contributed by atoms with Gasteiger partial charge in [0.15, 0.2) is 45.6 Å². The first-order valence-electron chi connectivity index (χ1n) is 14.1. The largest absolute Gasteiger partial charge is 0.496 e. The summed E-state index contributed by atoms with van der Waals surface area (Å²) in [5.74, 6) is 2.56. The van der Waals surface area contributed by atoms with Gasteiger partial charge in [-0.1, -0.05) is 12.8 Å². The number of carbonyl (C=O) groups excluding carboxylic acids is 2. The van der Waals surface area contributed by atoms with Crippen LogP contribution in [0.1, 0.15) is 49.7 Å². The number of methoxy groups -OCH3 is 2. The van der Waals surface area contributed by atoms with Crippen LogP contribution in [0, 0.1) is 0 Å². The number of nitrogens with zero attached hydrogens (tertiary/aromatic N) is 2. The van der Waals surface area contributed by atoms with Gasteiger partial charge in [0.05, 0.1) is 14.2 Å². The first-order valence-corrected chi connectivity index (χ1v) is 14.1. The monoisotopic (exact) mass is 550 g/mol. The van der Waals surface area contributed by atoms with E-state index in [9.17, 15) is 0 Å². The van der Waals surface area contributed by atoms with Crippen molar-refractivity contribution in [3.05, 3.63) is 35.4 Å². The number of ketones is 2. The molecule has 0 aromatic heterocycles. The third kappa shape index (κ3) is 3.29. The Labute approximate surface area is 233 Å². The van der Waals surface area contributed by atoms with Crippen molar-refractivity contribution in [2.24, 2.45) is 0 Å². The number of benzene rings is 2. The summed E-state index contributed by atoms with van der Waals surface area (Å²) in [5.41, 5.74) is -2.07. The van der Waals surface area contributed by atoms with Crippen molar-refractivity contribution in [2.45, 2.75) is 49.6 Å². The minimum atomic E-state index is -1.54. The van der Waals surface area contributed by atoms with E-state index in [4.69, 9.17) is 28.4 Å². The van der Waals surface area contributed by atoms with Crippen LogP contribution < -0.4 is 28.4 Å². The number of rotatable bonds is 6. The van der Waals surface area contributed by atoms with Crippen LogP contribution in [0.5, 0.6) is 34.5 Å². The predicted molar refractivity (Wildman–Crippen MR) is 142 cm³/mol. The Hall–Kier alpha value is -3.50. The molecule has 3 fully saturated rings. The molecule has 2 aromatic carbocycles. The Bertz CT molecular complexity index is 1250. The highest BCUT2D eigenvalue weighted by molar-refractivity contribution is 6.38. The third-order valence-corrected chi connectivity index (χ3v) is 9.14. The normalized spacial score (nSPS) is 27.9. The molecule has 0 N–H and O–H groups in total. The zero-order chi connectivity index (χ0) is 27.5. The SMILES string of the molecule is COc1cc2c(cc1C1(N3CCCCC3)C(=O)C(c3cc4c(cc3OC)OCO4)(N3CCCCC3)C1=O)OCO2. The molecule has 1 saturated carbocycles. The smallest absolute Gasteiger partial charge is 0.231 e. The number of piperidine rings is 2. The molecule has 0 atom stereocenters. The summed E-state index contributed by atoms with van der Waals surface area (Å²) in [4.78, 5) is 34.9. The number of likely N-dealkylation sites (tertiary alicyclic amines) is 2. The fraction of sp³-hybridized carbons (Fsp3) is 0.533. The van der Waals surface area contributed by atoms with E-state index in [0.29, 0.717) is 71.8 Å². The first-order chi connectivity index (χ1) is 19.6. The molecule has 4 aliphatic heterocycles. The van der Waals surface area contributed by atoms with Crippen molar-refractivity contribution in [2.75, 3.05) is 54.0 Å². The van der Waals surface area contributed by atoms with Crippen molar-refractivity contribution in [1.82, 2.24) is 9.80 Å². The maximum absolute atomic E-state index is 15.4. The van der Waals surface area contributed by atoms with Gasteiger partial charge in [-0.3, -0.25) is 19.4 Å². The minimum absolute atomic E-state index is 0.0761. The van der Waals surface area contributed by atoms with Crippen LogP contribution in [-0.4, -0.2) is 75.4 Å². The van der Waals surface area contributed by atoms with E-state index in [-0.39, 0.29) is 25.2 Å². The fourth-order valence-corrected chi connectivity index (χ4v) is 7.28. The van der Waals surface area contributed by atoms with Gasteiger partial charge < -0.3 is 28.4 Å². The van der Waals surface area contributed by atoms with Gasteiger partial charge in [-0.25, -0.2) is 0 Å². The fourth-order valence-electron chi connectivity index (χ4n) is 7.28. The van der Waals surface area contributed by atoms with Gasteiger partial charge in [0.1, 0.15) is 11.5 Å². The van der Waals surface area contributed by atoms with Crippen molar-refractivity contribution in [1.29, 1.82) is 0 Å². The van der Waals surface area contributed by atoms with Crippen LogP contribution >= 0.6 is 0 Å². The lowest BCUT2D eigenvalue weighted by molar-refractivity contribution is -0.183. The van der Waals surface area contributed by atoms with Gasteiger partial charge in [0.2, 0.25) is 13.6 Å². The molecule has 0 radical (unpaired) electrons. The Kier molecular flexibility index (Phi) is 6.08. The van der Waals surface area contributed by atoms with E-state index in [2.05, 4.69) is 9.80 Å². The van der Waals surface area contributed by atoms with Crippen molar-refractivity contribution >= 4 is 11.6 Å². The maximum atomic E-state index is 15.4. The molecule has 1 aliphatic carbocycles. The molecule has 10 heteroatoms. The average molecular weight is 551 g/mol. The molecule has 212 valence electrons. The highest BCUT2D eigenvalue weighted by atomic mass is 16.7. The molecule has 2 aromatic rings. The first kappa shape index (κ1) is 25.5. The molecule has 2 saturated heterocycles. The molecule has 10 nitrogen and oxygen atoms in total. The summed E-state index contributed by atoms with van der Waals surface area (Å²) in [6.45, 7) is 2.67. The number of hydrogen-bond acceptors (Lipinski definition) is 10. The third-order valence-electron chi connectivity index (χ3n) is 9.14. The Balaban J connectivity index is 1.47. The average Bonchev–Trinajstić information content (AvgIpc) is 3.67.